The standard InChI is InChI=1S/C14H26IN/c1-6-8-13(16)12(9-11(3)15)10-14(4,5)7-2/h6,11H,1,7-10,16H2,2-5H3/b13-12-. The molecule has 0 aliphatic rings. The van der Waals surface area contributed by atoms with Crippen LogP contribution in [0.15, 0.2) is 23.9 Å². The molecule has 2 N–H and O–H groups in total. The van der Waals surface area contributed by atoms with Crippen molar-refractivity contribution in [1.82, 2.24) is 0 Å². The molecule has 2 heteroatoms. The number of halogens is 1. The molecule has 0 bridgehead atoms. The molecular formula is C14H26IN. The molecule has 0 amide bonds. The fraction of sp³-hybridized carbons (Fsp3) is 0.714. The van der Waals surface area contributed by atoms with Gasteiger partial charge >= 0.3 is 0 Å². The Morgan fingerprint density at radius 1 is 1.50 bits per heavy atom. The molecule has 0 heterocycles. The van der Waals surface area contributed by atoms with Crippen LogP contribution in [0.3, 0.4) is 0 Å². The van der Waals surface area contributed by atoms with Crippen molar-refractivity contribution in [3.63, 3.8) is 0 Å². The van der Waals surface area contributed by atoms with E-state index in [9.17, 15) is 0 Å². The molecule has 0 aromatic rings. The van der Waals surface area contributed by atoms with Gasteiger partial charge in [0, 0.05) is 16.0 Å². The van der Waals surface area contributed by atoms with E-state index in [-0.39, 0.29) is 0 Å². The molecular weight excluding hydrogens is 309 g/mol. The topological polar surface area (TPSA) is 26.0 Å². The van der Waals surface area contributed by atoms with Crippen LogP contribution in [-0.2, 0) is 0 Å². The first kappa shape index (κ1) is 16.0. The van der Waals surface area contributed by atoms with E-state index >= 15 is 0 Å². The zero-order valence-electron chi connectivity index (χ0n) is 11.1. The summed E-state index contributed by atoms with van der Waals surface area (Å²) in [7, 11) is 0. The van der Waals surface area contributed by atoms with E-state index in [2.05, 4.69) is 56.9 Å². The summed E-state index contributed by atoms with van der Waals surface area (Å²) in [5, 5.41) is 0. The third-order valence-corrected chi connectivity index (χ3v) is 3.44. The second-order valence-electron chi connectivity index (χ2n) is 5.30. The molecule has 0 spiro atoms. The summed E-state index contributed by atoms with van der Waals surface area (Å²) < 4.78 is 0.642. The van der Waals surface area contributed by atoms with Gasteiger partial charge in [-0.15, -0.1) is 6.58 Å². The lowest BCUT2D eigenvalue weighted by Gasteiger charge is -2.26. The highest BCUT2D eigenvalue weighted by atomic mass is 127. The van der Waals surface area contributed by atoms with Crippen LogP contribution in [-0.4, -0.2) is 3.92 Å². The van der Waals surface area contributed by atoms with Gasteiger partial charge in [-0.1, -0.05) is 62.8 Å². The van der Waals surface area contributed by atoms with Crippen LogP contribution in [0.2, 0.25) is 0 Å². The number of nitrogens with two attached hydrogens (primary N) is 1. The average Bonchev–Trinajstić information content (AvgIpc) is 2.16. The molecule has 0 saturated heterocycles. The van der Waals surface area contributed by atoms with Gasteiger partial charge < -0.3 is 5.73 Å². The first-order valence-corrected chi connectivity index (χ1v) is 7.28. The zero-order valence-corrected chi connectivity index (χ0v) is 13.3. The quantitative estimate of drug-likeness (QED) is 0.403. The van der Waals surface area contributed by atoms with Crippen molar-refractivity contribution < 1.29 is 0 Å². The van der Waals surface area contributed by atoms with Gasteiger partial charge in [0.2, 0.25) is 0 Å². The van der Waals surface area contributed by atoms with Gasteiger partial charge in [0.05, 0.1) is 0 Å². The molecule has 0 fully saturated rings. The minimum atomic E-state index is 0.354. The Morgan fingerprint density at radius 3 is 2.44 bits per heavy atom. The molecule has 0 aromatic carbocycles. The largest absolute Gasteiger partial charge is 0.402 e. The predicted molar refractivity (Wildman–Crippen MR) is 82.8 cm³/mol. The van der Waals surface area contributed by atoms with Crippen molar-refractivity contribution in [1.29, 1.82) is 0 Å². The van der Waals surface area contributed by atoms with Crippen molar-refractivity contribution >= 4 is 22.6 Å². The highest BCUT2D eigenvalue weighted by Crippen LogP contribution is 2.32. The number of hydrogen-bond acceptors (Lipinski definition) is 1. The van der Waals surface area contributed by atoms with Crippen LogP contribution in [0, 0.1) is 5.41 Å². The lowest BCUT2D eigenvalue weighted by molar-refractivity contribution is 0.343. The molecule has 94 valence electrons. The minimum absolute atomic E-state index is 0.354. The summed E-state index contributed by atoms with van der Waals surface area (Å²) >= 11 is 2.47. The first-order valence-electron chi connectivity index (χ1n) is 6.03. The third kappa shape index (κ3) is 6.56. The van der Waals surface area contributed by atoms with E-state index in [0.29, 0.717) is 9.34 Å². The van der Waals surface area contributed by atoms with Crippen LogP contribution in [0.25, 0.3) is 0 Å². The smallest absolute Gasteiger partial charge is 0.0119 e. The van der Waals surface area contributed by atoms with Crippen LogP contribution in [0.4, 0.5) is 0 Å². The van der Waals surface area contributed by atoms with Gasteiger partial charge in [0.15, 0.2) is 0 Å². The lowest BCUT2D eigenvalue weighted by atomic mass is 9.81. The van der Waals surface area contributed by atoms with Gasteiger partial charge in [-0.3, -0.25) is 0 Å². The summed E-state index contributed by atoms with van der Waals surface area (Å²) in [4.78, 5) is 0. The Bertz CT molecular complexity index is 251. The number of rotatable bonds is 7. The average molecular weight is 335 g/mol. The second-order valence-corrected chi connectivity index (χ2v) is 7.43. The summed E-state index contributed by atoms with van der Waals surface area (Å²) in [6.07, 6.45) is 6.11. The van der Waals surface area contributed by atoms with Gasteiger partial charge in [-0.05, 0) is 23.8 Å². The Labute approximate surface area is 115 Å². The maximum Gasteiger partial charge on any atom is 0.0119 e. The number of allylic oxidation sites excluding steroid dienone is 2. The van der Waals surface area contributed by atoms with E-state index in [1.165, 1.54) is 12.0 Å². The first-order chi connectivity index (χ1) is 7.32. The third-order valence-electron chi connectivity index (χ3n) is 3.00. The van der Waals surface area contributed by atoms with Crippen molar-refractivity contribution in [3.8, 4) is 0 Å². The maximum absolute atomic E-state index is 6.14. The minimum Gasteiger partial charge on any atom is -0.402 e. The Kier molecular flexibility index (Phi) is 7.36. The van der Waals surface area contributed by atoms with Gasteiger partial charge in [-0.2, -0.15) is 0 Å². The maximum atomic E-state index is 6.14. The summed E-state index contributed by atoms with van der Waals surface area (Å²) in [6.45, 7) is 12.9. The highest BCUT2D eigenvalue weighted by molar-refractivity contribution is 14.1. The summed E-state index contributed by atoms with van der Waals surface area (Å²) in [6, 6.07) is 0. The van der Waals surface area contributed by atoms with E-state index in [1.54, 1.807) is 0 Å². The van der Waals surface area contributed by atoms with E-state index in [0.717, 1.165) is 25.0 Å². The lowest BCUT2D eigenvalue weighted by Crippen LogP contribution is -2.15. The van der Waals surface area contributed by atoms with Crippen LogP contribution >= 0.6 is 22.6 Å². The fourth-order valence-corrected chi connectivity index (χ4v) is 2.19. The Balaban J connectivity index is 4.80. The molecule has 16 heavy (non-hydrogen) atoms. The van der Waals surface area contributed by atoms with Gasteiger partial charge in [0.1, 0.15) is 0 Å². The fourth-order valence-electron chi connectivity index (χ4n) is 1.66. The summed E-state index contributed by atoms with van der Waals surface area (Å²) in [5.74, 6) is 0. The van der Waals surface area contributed by atoms with Crippen LogP contribution in [0.1, 0.15) is 53.4 Å². The van der Waals surface area contributed by atoms with Crippen LogP contribution < -0.4 is 5.73 Å². The molecule has 1 unspecified atom stereocenters. The molecule has 0 radical (unpaired) electrons. The van der Waals surface area contributed by atoms with E-state index < -0.39 is 0 Å². The molecule has 0 aliphatic heterocycles. The van der Waals surface area contributed by atoms with E-state index in [1.807, 2.05) is 6.08 Å². The van der Waals surface area contributed by atoms with Crippen LogP contribution in [0.5, 0.6) is 0 Å². The normalized spacial score (nSPS) is 15.6. The molecule has 0 aromatic heterocycles. The van der Waals surface area contributed by atoms with Crippen molar-refractivity contribution in [3.05, 3.63) is 23.9 Å². The second kappa shape index (κ2) is 7.36. The Hall–Kier alpha value is 0.01000. The number of hydrogen-bond donors (Lipinski definition) is 1. The molecule has 0 rings (SSSR count). The molecule has 0 saturated carbocycles. The molecule has 1 nitrogen and oxygen atoms in total. The van der Waals surface area contributed by atoms with Gasteiger partial charge in [0.25, 0.3) is 0 Å². The van der Waals surface area contributed by atoms with Crippen molar-refractivity contribution in [2.45, 2.75) is 57.3 Å². The molecule has 0 aliphatic carbocycles. The number of alkyl halides is 1. The van der Waals surface area contributed by atoms with Crippen molar-refractivity contribution in [2.24, 2.45) is 11.1 Å². The van der Waals surface area contributed by atoms with Crippen molar-refractivity contribution in [2.75, 3.05) is 0 Å². The highest BCUT2D eigenvalue weighted by Gasteiger charge is 2.19. The zero-order chi connectivity index (χ0) is 12.8. The molecule has 1 atom stereocenters. The summed E-state index contributed by atoms with van der Waals surface area (Å²) in [5.41, 5.74) is 8.95. The monoisotopic (exact) mass is 335 g/mol. The Morgan fingerprint density at radius 2 is 2.06 bits per heavy atom. The van der Waals surface area contributed by atoms with E-state index in [4.69, 9.17) is 5.73 Å². The SMILES string of the molecule is C=CC/C(N)=C(\CC(C)I)CC(C)(C)CC. The predicted octanol–water partition coefficient (Wildman–Crippen LogP) is 4.82. The van der Waals surface area contributed by atoms with Gasteiger partial charge in [-0.25, -0.2) is 0 Å².